The van der Waals surface area contributed by atoms with E-state index in [0.717, 1.165) is 17.0 Å². The van der Waals surface area contributed by atoms with Crippen molar-refractivity contribution in [3.05, 3.63) is 82.3 Å². The van der Waals surface area contributed by atoms with Gasteiger partial charge in [-0.05, 0) is 87.0 Å². The minimum atomic E-state index is -1.57. The molecule has 0 radical (unpaired) electrons. The van der Waals surface area contributed by atoms with Crippen molar-refractivity contribution in [3.8, 4) is 0 Å². The summed E-state index contributed by atoms with van der Waals surface area (Å²) in [6.45, 7) is 19.7. The summed E-state index contributed by atoms with van der Waals surface area (Å²) >= 11 is 1.47. The lowest BCUT2D eigenvalue weighted by Gasteiger charge is -2.35. The number of likely N-dealkylation sites (tertiary alicyclic amines) is 1. The van der Waals surface area contributed by atoms with E-state index in [1.54, 1.807) is 97.3 Å². The Morgan fingerprint density at radius 2 is 1.48 bits per heavy atom. The molecule has 0 aliphatic carbocycles. The van der Waals surface area contributed by atoms with Gasteiger partial charge in [0.1, 0.15) is 42.1 Å². The fourth-order valence-electron chi connectivity index (χ4n) is 10.7. The molecule has 1 fully saturated rings. The van der Waals surface area contributed by atoms with E-state index in [-0.39, 0.29) is 92.7 Å². The largest absolute Gasteiger partial charge is 0.445 e. The van der Waals surface area contributed by atoms with E-state index in [9.17, 15) is 47.9 Å². The Labute approximate surface area is 540 Å². The number of thiazole rings is 1. The van der Waals surface area contributed by atoms with Crippen molar-refractivity contribution in [2.45, 2.75) is 189 Å². The molecule has 9 N–H and O–H groups in total. The van der Waals surface area contributed by atoms with Crippen molar-refractivity contribution >= 4 is 82.5 Å². The summed E-state index contributed by atoms with van der Waals surface area (Å²) in [4.78, 5) is 140. The topological polar surface area (TPSA) is 328 Å². The molecular formula is C66H100N11O13S+. The summed E-state index contributed by atoms with van der Waals surface area (Å²) in [7, 11) is 4.70. The van der Waals surface area contributed by atoms with E-state index in [1.165, 1.54) is 36.9 Å². The first kappa shape index (κ1) is 75.8. The molecule has 502 valence electrons. The highest BCUT2D eigenvalue weighted by Crippen LogP contribution is 2.31. The number of aromatic nitrogens is 1. The molecule has 10 amide bonds. The number of Topliss-reactive ketones (excluding diaryl/α,β-unsaturated/α-hetero) is 1. The molecule has 0 saturated carbocycles. The number of carbonyl (C=O) groups is 10. The van der Waals surface area contributed by atoms with Crippen LogP contribution in [0.25, 0.3) is 0 Å². The van der Waals surface area contributed by atoms with Crippen LogP contribution in [0.15, 0.2) is 66.2 Å². The number of hydrogen-bond donors (Lipinski definition) is 8. The third-order valence-corrected chi connectivity index (χ3v) is 17.5. The monoisotopic (exact) mass is 1290 g/mol. The molecule has 2 aromatic carbocycles. The summed E-state index contributed by atoms with van der Waals surface area (Å²) in [6, 6.07) is 11.6. The van der Waals surface area contributed by atoms with Crippen molar-refractivity contribution in [3.63, 3.8) is 0 Å². The fraction of sp³-hybridized carbons (Fsp3) is 0.606. The molecule has 91 heavy (non-hydrogen) atoms. The third kappa shape index (κ3) is 23.8. The molecule has 1 aliphatic heterocycles. The highest BCUT2D eigenvalue weighted by atomic mass is 32.1. The van der Waals surface area contributed by atoms with Gasteiger partial charge in [-0.1, -0.05) is 111 Å². The molecule has 1 saturated heterocycles. The van der Waals surface area contributed by atoms with Crippen molar-refractivity contribution in [2.75, 3.05) is 39.7 Å². The lowest BCUT2D eigenvalue weighted by Crippen LogP contribution is -2.59. The Kier molecular flexibility index (Phi) is 30.8. The number of nitrogens with two attached hydrogens (primary N) is 1. The van der Waals surface area contributed by atoms with Crippen LogP contribution in [0.5, 0.6) is 0 Å². The van der Waals surface area contributed by atoms with Gasteiger partial charge in [0.2, 0.25) is 35.4 Å². The number of methoxy groups -OCH3 is 2. The molecule has 1 aliphatic rings. The summed E-state index contributed by atoms with van der Waals surface area (Å²) in [6.07, 6.45) is 4.16. The van der Waals surface area contributed by atoms with Crippen LogP contribution in [0.3, 0.4) is 0 Å². The van der Waals surface area contributed by atoms with Gasteiger partial charge in [0.05, 0.1) is 42.5 Å². The highest BCUT2D eigenvalue weighted by molar-refractivity contribution is 7.09. The Morgan fingerprint density at radius 3 is 2.07 bits per heavy atom. The van der Waals surface area contributed by atoms with Crippen LogP contribution in [0, 0.1) is 35.5 Å². The molecule has 25 heteroatoms. The SMILES string of the molecule is CC[C@H](C)C(C=[N+](C)C(=O)[C@@H](NC(=O)C(C)(C)NC(=O)OCc1ccc(NC(=O)[C@H](CCCNC(N)=O)NC(=O)[C@@H](NC(=O)CCC(=O)C(C)C)C(C)C)cc1)C(C)C)[C@@H](CC(=O)N1CCC[C@H]1[C@H](OC)[C@@H](C)C(=O)N[C@@H](Cc1ccccc1)c1nccs1)OC. The molecule has 1 aromatic heterocycles. The van der Waals surface area contributed by atoms with Crippen molar-refractivity contribution in [1.82, 2.24) is 41.8 Å². The number of urea groups is 1. The number of rotatable bonds is 36. The fourth-order valence-corrected chi connectivity index (χ4v) is 11.4. The Morgan fingerprint density at radius 1 is 0.813 bits per heavy atom. The zero-order valence-electron chi connectivity index (χ0n) is 55.6. The van der Waals surface area contributed by atoms with Gasteiger partial charge in [-0.15, -0.1) is 11.3 Å². The van der Waals surface area contributed by atoms with Crippen molar-refractivity contribution in [1.29, 1.82) is 0 Å². The minimum Gasteiger partial charge on any atom is -0.445 e. The maximum Gasteiger partial charge on any atom is 0.409 e. The predicted octanol–water partition coefficient (Wildman–Crippen LogP) is 6.36. The normalized spacial score (nSPS) is 16.5. The number of nitrogens with zero attached hydrogens (tertiary/aromatic N) is 3. The van der Waals surface area contributed by atoms with Crippen LogP contribution >= 0.6 is 11.3 Å². The number of likely N-dealkylation sites (N-methyl/N-ethyl adjacent to an activating group) is 1. The van der Waals surface area contributed by atoms with Crippen LogP contribution in [0.4, 0.5) is 15.3 Å². The maximum atomic E-state index is 14.5. The average Bonchev–Trinajstić information content (AvgIpc) is 2.49. The second kappa shape index (κ2) is 37.0. The van der Waals surface area contributed by atoms with Crippen LogP contribution in [0.1, 0.15) is 150 Å². The number of anilines is 1. The van der Waals surface area contributed by atoms with Gasteiger partial charge in [0.25, 0.3) is 0 Å². The van der Waals surface area contributed by atoms with Gasteiger partial charge in [-0.2, -0.15) is 4.58 Å². The number of alkyl carbamates (subject to hydrolysis) is 1. The number of amides is 10. The smallest absolute Gasteiger partial charge is 0.409 e. The van der Waals surface area contributed by atoms with Gasteiger partial charge < -0.3 is 62.1 Å². The van der Waals surface area contributed by atoms with Crippen LogP contribution < -0.4 is 43.0 Å². The number of hydrogen-bond acceptors (Lipinski definition) is 15. The second-order valence-corrected chi connectivity index (χ2v) is 26.0. The van der Waals surface area contributed by atoms with Gasteiger partial charge in [0, 0.05) is 63.3 Å². The van der Waals surface area contributed by atoms with Gasteiger partial charge in [-0.3, -0.25) is 33.6 Å². The molecule has 4 rings (SSSR count). The first-order valence-electron chi connectivity index (χ1n) is 31.5. The lowest BCUT2D eigenvalue weighted by atomic mass is 9.85. The second-order valence-electron chi connectivity index (χ2n) is 25.1. The minimum absolute atomic E-state index is 0.00953. The van der Waals surface area contributed by atoms with E-state index in [0.29, 0.717) is 37.1 Å². The third-order valence-electron chi connectivity index (χ3n) is 16.6. The standard InChI is InChI=1S/C66H99N11O13S/c1-15-42(8)47(52(88-13)36-54(80)77-33-20-24-50(77)57(89-14)43(9)58(81)72-49(61-68-32-34-91-61)35-44-21-17-16-18-22-44)37-76(12)62(84)56(41(6)7)74-63(85)66(10,11)75-65(87)90-38-45-25-27-46(28-26-45)70-59(82)48(23-19-31-69-64(67)86)71-60(83)55(40(4)5)73-53(79)30-29-51(78)39(2)3/h16-18,21-22,25-28,32,34,37,39-43,47-50,52,55-57H,15,19-20,23-24,29-31,33,35-36,38H2,1-14H3,(H8-,67,69,70,71,72,73,74,75,79,81,82,83,85,86,87)/p+1/t42-,43+,47?,48-,49-,50-,52+,55-,56-,57+/m0/s1. The number of carbonyl (C=O) groups excluding carboxylic acids is 10. The van der Waals surface area contributed by atoms with E-state index in [2.05, 4.69) is 42.2 Å². The molecule has 10 atom stereocenters. The first-order valence-corrected chi connectivity index (χ1v) is 32.4. The Balaban J connectivity index is 1.37. The molecule has 2 heterocycles. The van der Waals surface area contributed by atoms with E-state index < -0.39 is 95.3 Å². The molecular weight excluding hydrogens is 1190 g/mol. The Bertz CT molecular complexity index is 2920. The summed E-state index contributed by atoms with van der Waals surface area (Å²) < 4.78 is 19.1. The van der Waals surface area contributed by atoms with E-state index in [1.807, 2.05) is 56.5 Å². The Hall–Kier alpha value is -7.64. The molecule has 0 spiro atoms. The number of primary amides is 1. The summed E-state index contributed by atoms with van der Waals surface area (Å²) in [5, 5.41) is 21.9. The average molecular weight is 1290 g/mol. The lowest BCUT2D eigenvalue weighted by molar-refractivity contribution is -0.420. The predicted molar refractivity (Wildman–Crippen MR) is 347 cm³/mol. The summed E-state index contributed by atoms with van der Waals surface area (Å²) in [5.74, 6) is -5.35. The van der Waals surface area contributed by atoms with Crippen LogP contribution in [-0.2, 0) is 65.6 Å². The van der Waals surface area contributed by atoms with Gasteiger partial charge in [0.15, 0.2) is 12.3 Å². The quantitative estimate of drug-likeness (QED) is 0.0179. The van der Waals surface area contributed by atoms with E-state index in [4.69, 9.17) is 19.9 Å². The molecule has 3 aromatic rings. The van der Waals surface area contributed by atoms with Crippen molar-refractivity contribution in [2.24, 2.45) is 41.2 Å². The van der Waals surface area contributed by atoms with E-state index >= 15 is 0 Å². The van der Waals surface area contributed by atoms with Crippen molar-refractivity contribution < 1.29 is 66.7 Å². The summed E-state index contributed by atoms with van der Waals surface area (Å²) in [5.41, 5.74) is 5.56. The zero-order chi connectivity index (χ0) is 67.7. The highest BCUT2D eigenvalue weighted by Gasteiger charge is 2.43. The number of ether oxygens (including phenoxy) is 3. The number of benzene rings is 2. The molecule has 0 bridgehead atoms. The molecule has 1 unspecified atom stereocenters. The van der Waals surface area contributed by atoms with Crippen LogP contribution in [-0.4, -0.2) is 156 Å². The van der Waals surface area contributed by atoms with Crippen LogP contribution in [0.2, 0.25) is 0 Å². The first-order chi connectivity index (χ1) is 43.0. The number of nitrogens with one attached hydrogen (secondary N) is 7. The van der Waals surface area contributed by atoms with Gasteiger partial charge >= 0.3 is 18.0 Å². The number of ketones is 1. The zero-order valence-corrected chi connectivity index (χ0v) is 56.4. The maximum absolute atomic E-state index is 14.5. The van der Waals surface area contributed by atoms with Gasteiger partial charge in [-0.25, -0.2) is 19.4 Å². The molecule has 24 nitrogen and oxygen atoms in total.